The first kappa shape index (κ1) is 26.3. The molecule has 0 bridgehead atoms. The van der Waals surface area contributed by atoms with Crippen LogP contribution in [0.4, 0.5) is 27.9 Å². The van der Waals surface area contributed by atoms with Gasteiger partial charge in [0.05, 0.1) is 21.5 Å². The van der Waals surface area contributed by atoms with Gasteiger partial charge < -0.3 is 10.6 Å². The standard InChI is InChI=1S/C25H25Cl2N7O3S/c1-25(2,3)33-24(35)32-22-16(20-17(26)5-4-6-18(20)27)10-13-11-28-23(31-21(13)30-22)29-15-7-8-19-14(9-15)12-38(36,37)34-19/h4-11,34,36-37H,12H2,1-3H3,(H3,28,29,30,31,32,33,35). The second-order valence-corrected chi connectivity index (χ2v) is 12.5. The van der Waals surface area contributed by atoms with Crippen molar-refractivity contribution < 1.29 is 13.9 Å². The summed E-state index contributed by atoms with van der Waals surface area (Å²) in [6.45, 7) is 5.61. The molecule has 38 heavy (non-hydrogen) atoms. The Morgan fingerprint density at radius 1 is 1.08 bits per heavy atom. The van der Waals surface area contributed by atoms with Crippen LogP contribution in [0.2, 0.25) is 10.0 Å². The first-order valence-electron chi connectivity index (χ1n) is 11.5. The molecule has 0 fully saturated rings. The molecule has 6 N–H and O–H groups in total. The minimum atomic E-state index is -2.86. The van der Waals surface area contributed by atoms with Crippen LogP contribution < -0.4 is 20.7 Å². The van der Waals surface area contributed by atoms with E-state index >= 15 is 0 Å². The number of anilines is 4. The van der Waals surface area contributed by atoms with Gasteiger partial charge in [0.25, 0.3) is 0 Å². The van der Waals surface area contributed by atoms with Crippen LogP contribution >= 0.6 is 34.0 Å². The van der Waals surface area contributed by atoms with Gasteiger partial charge in [0, 0.05) is 33.9 Å². The lowest BCUT2D eigenvalue weighted by molar-refractivity contribution is 0.243. The number of benzene rings is 2. The van der Waals surface area contributed by atoms with Gasteiger partial charge in [-0.05, 0) is 62.7 Å². The van der Waals surface area contributed by atoms with Crippen LogP contribution in [0.1, 0.15) is 26.3 Å². The van der Waals surface area contributed by atoms with Crippen molar-refractivity contribution in [3.05, 3.63) is 64.3 Å². The molecule has 198 valence electrons. The molecule has 0 atom stereocenters. The highest BCUT2D eigenvalue weighted by Crippen LogP contribution is 2.51. The Morgan fingerprint density at radius 3 is 2.53 bits per heavy atom. The Labute approximate surface area is 230 Å². The van der Waals surface area contributed by atoms with Crippen molar-refractivity contribution in [2.75, 3.05) is 15.4 Å². The number of carbonyl (C=O) groups is 1. The van der Waals surface area contributed by atoms with Crippen LogP contribution in [0.3, 0.4) is 0 Å². The predicted octanol–water partition coefficient (Wildman–Crippen LogP) is 7.25. The molecule has 0 saturated heterocycles. The van der Waals surface area contributed by atoms with Gasteiger partial charge in [-0.25, -0.2) is 14.8 Å². The third-order valence-electron chi connectivity index (χ3n) is 5.51. The lowest BCUT2D eigenvalue weighted by atomic mass is 10.0. The highest BCUT2D eigenvalue weighted by molar-refractivity contribution is 8.25. The molecule has 0 aliphatic carbocycles. The summed E-state index contributed by atoms with van der Waals surface area (Å²) in [5.41, 5.74) is 3.02. The van der Waals surface area contributed by atoms with E-state index < -0.39 is 22.3 Å². The quantitative estimate of drug-likeness (QED) is 0.150. The van der Waals surface area contributed by atoms with E-state index in [1.807, 2.05) is 20.8 Å². The van der Waals surface area contributed by atoms with Crippen LogP contribution in [-0.4, -0.2) is 35.6 Å². The number of pyridine rings is 1. The smallest absolute Gasteiger partial charge is 0.320 e. The fraction of sp³-hybridized carbons (Fsp3) is 0.200. The van der Waals surface area contributed by atoms with Crippen molar-refractivity contribution in [1.82, 2.24) is 20.3 Å². The summed E-state index contributed by atoms with van der Waals surface area (Å²) in [5.74, 6) is 0.626. The molecule has 10 nitrogen and oxygen atoms in total. The zero-order valence-corrected chi connectivity index (χ0v) is 23.0. The third-order valence-corrected chi connectivity index (χ3v) is 7.40. The molecule has 0 unspecified atom stereocenters. The maximum Gasteiger partial charge on any atom is 0.320 e. The predicted molar refractivity (Wildman–Crippen MR) is 155 cm³/mol. The van der Waals surface area contributed by atoms with Crippen molar-refractivity contribution in [3.8, 4) is 11.1 Å². The molecule has 2 aromatic heterocycles. The summed E-state index contributed by atoms with van der Waals surface area (Å²) in [5, 5.41) is 10.2. The summed E-state index contributed by atoms with van der Waals surface area (Å²) >= 11 is 13.0. The summed E-state index contributed by atoms with van der Waals surface area (Å²) in [6, 6.07) is 11.8. The number of halogens is 2. The van der Waals surface area contributed by atoms with Crippen molar-refractivity contribution in [2.24, 2.45) is 0 Å². The molecule has 1 aliphatic heterocycles. The van der Waals surface area contributed by atoms with Crippen LogP contribution in [0, 0.1) is 0 Å². The average molecular weight is 574 g/mol. The lowest BCUT2D eigenvalue weighted by Crippen LogP contribution is -2.43. The van der Waals surface area contributed by atoms with Crippen molar-refractivity contribution in [1.29, 1.82) is 0 Å². The van der Waals surface area contributed by atoms with Crippen molar-refractivity contribution in [3.63, 3.8) is 0 Å². The number of carbonyl (C=O) groups excluding carboxylic acids is 1. The van der Waals surface area contributed by atoms with Crippen LogP contribution in [0.25, 0.3) is 22.2 Å². The molecule has 13 heteroatoms. The topological polar surface area (TPSA) is 144 Å². The molecule has 2 aromatic carbocycles. The SMILES string of the molecule is CC(C)(C)NC(=O)Nc1nc2nc(Nc3ccc4c(c3)CS(O)(O)N4)ncc2cc1-c1c(Cl)cccc1Cl. The van der Waals surface area contributed by atoms with Crippen molar-refractivity contribution in [2.45, 2.75) is 32.1 Å². The van der Waals surface area contributed by atoms with Gasteiger partial charge in [-0.15, -0.1) is 10.8 Å². The number of aromatic nitrogens is 3. The average Bonchev–Trinajstić information content (AvgIpc) is 3.11. The molecule has 3 heterocycles. The highest BCUT2D eigenvalue weighted by atomic mass is 35.5. The number of fused-ring (bicyclic) bond motifs is 2. The molecule has 4 aromatic rings. The van der Waals surface area contributed by atoms with Gasteiger partial charge in [0.15, 0.2) is 5.65 Å². The van der Waals surface area contributed by atoms with E-state index in [-0.39, 0.29) is 17.5 Å². The highest BCUT2D eigenvalue weighted by Gasteiger charge is 2.24. The second kappa shape index (κ2) is 9.75. The van der Waals surface area contributed by atoms with E-state index in [1.165, 1.54) is 0 Å². The van der Waals surface area contributed by atoms with E-state index in [2.05, 4.69) is 35.6 Å². The van der Waals surface area contributed by atoms with E-state index in [9.17, 15) is 13.9 Å². The first-order valence-corrected chi connectivity index (χ1v) is 14.0. The van der Waals surface area contributed by atoms with Crippen LogP contribution in [0.5, 0.6) is 0 Å². The monoisotopic (exact) mass is 573 g/mol. The molecule has 0 saturated carbocycles. The van der Waals surface area contributed by atoms with Gasteiger partial charge in [-0.3, -0.25) is 19.1 Å². The summed E-state index contributed by atoms with van der Waals surface area (Å²) in [4.78, 5) is 26.3. The maximum absolute atomic E-state index is 12.8. The molecular weight excluding hydrogens is 549 g/mol. The second-order valence-electron chi connectivity index (χ2n) is 9.83. The Balaban J connectivity index is 1.53. The number of urea groups is 1. The van der Waals surface area contributed by atoms with E-state index in [0.717, 1.165) is 5.56 Å². The van der Waals surface area contributed by atoms with Gasteiger partial charge in [0.2, 0.25) is 5.95 Å². The van der Waals surface area contributed by atoms with Crippen molar-refractivity contribution >= 4 is 74.2 Å². The Bertz CT molecular complexity index is 1560. The fourth-order valence-corrected chi connectivity index (χ4v) is 5.89. The minimum absolute atomic E-state index is 0.122. The number of nitrogens with zero attached hydrogens (tertiary/aromatic N) is 3. The molecule has 2 amide bonds. The lowest BCUT2D eigenvalue weighted by Gasteiger charge is -2.26. The minimum Gasteiger partial charge on any atom is -0.333 e. The number of rotatable bonds is 4. The van der Waals surface area contributed by atoms with E-state index in [1.54, 1.807) is 48.7 Å². The van der Waals surface area contributed by atoms with E-state index in [0.29, 0.717) is 43.6 Å². The molecule has 1 aliphatic rings. The zero-order chi connectivity index (χ0) is 27.2. The zero-order valence-electron chi connectivity index (χ0n) is 20.6. The number of amides is 2. The molecule has 5 rings (SSSR count). The number of hydrogen-bond acceptors (Lipinski definition) is 8. The van der Waals surface area contributed by atoms with Gasteiger partial charge in [0.1, 0.15) is 5.82 Å². The largest absolute Gasteiger partial charge is 0.333 e. The Hall–Kier alpha value is -3.35. The molecule has 0 radical (unpaired) electrons. The first-order chi connectivity index (χ1) is 17.9. The Morgan fingerprint density at radius 2 is 1.82 bits per heavy atom. The number of nitrogens with one attached hydrogen (secondary N) is 4. The Kier molecular flexibility index (Phi) is 6.74. The van der Waals surface area contributed by atoms with Gasteiger partial charge in [-0.1, -0.05) is 29.3 Å². The van der Waals surface area contributed by atoms with Gasteiger partial charge >= 0.3 is 6.03 Å². The third kappa shape index (κ3) is 5.71. The van der Waals surface area contributed by atoms with E-state index in [4.69, 9.17) is 23.2 Å². The van der Waals surface area contributed by atoms with Gasteiger partial charge in [-0.2, -0.15) is 4.98 Å². The summed E-state index contributed by atoms with van der Waals surface area (Å²) in [6.07, 6.45) is 1.61. The maximum atomic E-state index is 12.8. The summed E-state index contributed by atoms with van der Waals surface area (Å²) < 4.78 is 22.6. The fourth-order valence-electron chi connectivity index (χ4n) is 3.99. The summed E-state index contributed by atoms with van der Waals surface area (Å²) in [7, 11) is -2.86. The molecular formula is C25H25Cl2N7O3S. The number of hydrogen-bond donors (Lipinski definition) is 6. The normalized spacial score (nSPS) is 14.9. The van der Waals surface area contributed by atoms with Crippen LogP contribution in [-0.2, 0) is 5.75 Å². The van der Waals surface area contributed by atoms with Crippen LogP contribution in [0.15, 0.2) is 48.7 Å². The molecule has 0 spiro atoms.